The van der Waals surface area contributed by atoms with E-state index in [0.29, 0.717) is 44.5 Å². The lowest BCUT2D eigenvalue weighted by Crippen LogP contribution is -2.28. The van der Waals surface area contributed by atoms with Crippen LogP contribution in [0.3, 0.4) is 0 Å². The van der Waals surface area contributed by atoms with Crippen LogP contribution in [0.2, 0.25) is 0 Å². The summed E-state index contributed by atoms with van der Waals surface area (Å²) < 4.78 is 49.7. The Hall–Kier alpha value is -6.87. The number of para-hydroxylation sites is 2. The van der Waals surface area contributed by atoms with Gasteiger partial charge >= 0.3 is 6.18 Å². The number of hydrogen-bond acceptors (Lipinski definition) is 8. The number of aryl methyl sites for hydroxylation is 2. The number of anilines is 1. The smallest absolute Gasteiger partial charge is 0.433 e. The van der Waals surface area contributed by atoms with Gasteiger partial charge in [-0.1, -0.05) is 79.8 Å². The Kier molecular flexibility index (Phi) is 16.5. The van der Waals surface area contributed by atoms with Crippen LogP contribution in [0.5, 0.6) is 11.6 Å². The highest BCUT2D eigenvalue weighted by Crippen LogP contribution is 2.46. The number of ether oxygens (including phenoxy) is 1. The fraction of sp³-hybridized carbons (Fsp3) is 0.382. The van der Waals surface area contributed by atoms with Crippen molar-refractivity contribution in [1.82, 2.24) is 30.6 Å². The molecule has 2 aliphatic heterocycles. The Balaban J connectivity index is 0.780. The van der Waals surface area contributed by atoms with Gasteiger partial charge in [0, 0.05) is 98.4 Å². The second-order valence-electron chi connectivity index (χ2n) is 18.9. The number of allylic oxidation sites excluding steroid dienone is 6. The van der Waals surface area contributed by atoms with E-state index in [1.165, 1.54) is 52.1 Å². The lowest BCUT2D eigenvalue weighted by molar-refractivity contribution is -0.438. The van der Waals surface area contributed by atoms with Crippen LogP contribution in [0.15, 0.2) is 127 Å². The topological polar surface area (TPSA) is 143 Å². The predicted octanol–water partition coefficient (Wildman–Crippen LogP) is 10.3. The minimum atomic E-state index is -4.66. The molecule has 2 amide bonds. The summed E-state index contributed by atoms with van der Waals surface area (Å²) in [5.41, 5.74) is 13.3. The number of unbranched alkanes of at least 4 members (excludes halogenated alkanes) is 3. The largest absolute Gasteiger partial charge is 0.439 e. The van der Waals surface area contributed by atoms with Crippen molar-refractivity contribution in [2.45, 2.75) is 109 Å². The highest BCUT2D eigenvalue weighted by molar-refractivity contribution is 6.03. The van der Waals surface area contributed by atoms with E-state index in [9.17, 15) is 22.8 Å². The number of fused-ring (bicyclic) bond motifs is 2. The van der Waals surface area contributed by atoms with Gasteiger partial charge in [-0.2, -0.15) is 17.7 Å². The van der Waals surface area contributed by atoms with E-state index < -0.39 is 11.9 Å². The van der Waals surface area contributed by atoms with Crippen molar-refractivity contribution < 1.29 is 32.1 Å². The number of benzene rings is 3. The average Bonchev–Trinajstić information content (AvgIpc) is 3.94. The van der Waals surface area contributed by atoms with Gasteiger partial charge in [-0.3, -0.25) is 14.3 Å². The molecule has 0 atom stereocenters. The number of hydrogen-bond donors (Lipinski definition) is 3. The summed E-state index contributed by atoms with van der Waals surface area (Å²) in [5, 5.41) is 14.4. The minimum Gasteiger partial charge on any atom is -0.439 e. The molecule has 5 aromatic rings. The molecular formula is C55H65F3N9O3+. The van der Waals surface area contributed by atoms with E-state index in [1.807, 2.05) is 6.20 Å². The molecule has 0 fully saturated rings. The highest BCUT2D eigenvalue weighted by atomic mass is 19.4. The number of nitrogens with one attached hydrogen (secondary N) is 2. The van der Waals surface area contributed by atoms with Crippen molar-refractivity contribution in [1.29, 1.82) is 0 Å². The third kappa shape index (κ3) is 12.5. The van der Waals surface area contributed by atoms with E-state index in [0.717, 1.165) is 50.4 Å². The van der Waals surface area contributed by atoms with Crippen molar-refractivity contribution in [2.75, 3.05) is 31.6 Å². The monoisotopic (exact) mass is 957 g/mol. The van der Waals surface area contributed by atoms with Crippen LogP contribution in [-0.2, 0) is 41.3 Å². The molecule has 0 aliphatic carbocycles. The predicted molar refractivity (Wildman–Crippen MR) is 269 cm³/mol. The van der Waals surface area contributed by atoms with Crippen LogP contribution < -0.4 is 26.0 Å². The first-order valence-corrected chi connectivity index (χ1v) is 24.2. The number of aromatic nitrogens is 4. The first-order chi connectivity index (χ1) is 33.6. The zero-order valence-electron chi connectivity index (χ0n) is 40.9. The molecule has 7 rings (SSSR count). The van der Waals surface area contributed by atoms with Gasteiger partial charge in [0.25, 0.3) is 5.91 Å². The summed E-state index contributed by atoms with van der Waals surface area (Å²) >= 11 is 0. The maximum absolute atomic E-state index is 13.3. The first-order valence-electron chi connectivity index (χ1n) is 24.2. The number of alkyl halides is 3. The number of pyridine rings is 1. The van der Waals surface area contributed by atoms with Crippen LogP contribution in [-0.4, -0.2) is 68.8 Å². The van der Waals surface area contributed by atoms with Crippen LogP contribution in [0.25, 0.3) is 0 Å². The molecule has 12 nitrogen and oxygen atoms in total. The number of carbonyl (C=O) groups is 2. The third-order valence-corrected chi connectivity index (χ3v) is 13.1. The van der Waals surface area contributed by atoms with Gasteiger partial charge in [0.15, 0.2) is 5.71 Å². The molecule has 70 heavy (non-hydrogen) atoms. The van der Waals surface area contributed by atoms with E-state index in [-0.39, 0.29) is 46.4 Å². The number of nitrogens with zero attached hydrogens (tertiary/aromatic N) is 6. The van der Waals surface area contributed by atoms with Crippen molar-refractivity contribution in [3.63, 3.8) is 0 Å². The number of nitrogens with two attached hydrogens (primary N) is 1. The number of rotatable bonds is 22. The molecule has 0 spiro atoms. The van der Waals surface area contributed by atoms with Crippen LogP contribution in [0.4, 0.5) is 24.5 Å². The molecule has 4 N–H and O–H groups in total. The highest BCUT2D eigenvalue weighted by Gasteiger charge is 2.44. The standard InChI is InChI=1S/C55H64F3N9O3/c1-53(2)43-23-11-13-25-45(43)65(5)48(53)27-8-6-9-28-49-54(3,4)44-24-12-14-26-46(44)67(49)33-17-7-10-29-50(68)60-31-19-32-66-38-41(63-64-66)21-15-16-30-61-52(69)40-20-18-22-42(36-40)70-51-35-39(37-59)34-47(62-51)55(56,57)58/h6,8-9,11-14,18,20,22-28,34-36,38H,7,10,15-17,19,21,29-33,37,59H2,1-5H3,(H-,60,61,68,69)/p+1. The van der Waals surface area contributed by atoms with Gasteiger partial charge in [0.05, 0.1) is 11.1 Å². The maximum atomic E-state index is 13.3. The van der Waals surface area contributed by atoms with Gasteiger partial charge < -0.3 is 26.0 Å². The molecule has 368 valence electrons. The Bertz CT molecular complexity index is 2770. The fourth-order valence-electron chi connectivity index (χ4n) is 9.32. The van der Waals surface area contributed by atoms with Crippen LogP contribution >= 0.6 is 0 Å². The van der Waals surface area contributed by atoms with Crippen molar-refractivity contribution in [2.24, 2.45) is 5.73 Å². The third-order valence-electron chi connectivity index (χ3n) is 13.1. The lowest BCUT2D eigenvalue weighted by atomic mass is 9.81. The Morgan fingerprint density at radius 3 is 2.39 bits per heavy atom. The SMILES string of the molecule is CN1/C(=C/C=C/C=C/C2=[N+](CCCCCC(=O)NCCCn3cc(CCCCNC(=O)c4cccc(Oc5cc(CN)cc(C(F)(F)F)n5)c4)nn3)c3ccccc3C2(C)C)C(C)(C)c2ccccc21. The normalized spacial score (nSPS) is 15.6. The van der Waals surface area contributed by atoms with Gasteiger partial charge in [0.1, 0.15) is 18.0 Å². The Morgan fingerprint density at radius 2 is 1.60 bits per heavy atom. The molecule has 4 heterocycles. The molecule has 2 aliphatic rings. The molecule has 2 aromatic heterocycles. The van der Waals surface area contributed by atoms with Crippen molar-refractivity contribution >= 4 is 28.9 Å². The minimum absolute atomic E-state index is 0.0573. The van der Waals surface area contributed by atoms with Crippen LogP contribution in [0, 0.1) is 0 Å². The van der Waals surface area contributed by atoms with Gasteiger partial charge in [-0.15, -0.1) is 5.10 Å². The van der Waals surface area contributed by atoms with Crippen molar-refractivity contribution in [3.8, 4) is 11.6 Å². The summed E-state index contributed by atoms with van der Waals surface area (Å²) in [4.78, 5) is 31.4. The van der Waals surface area contributed by atoms with Crippen molar-refractivity contribution in [3.05, 3.63) is 161 Å². The zero-order valence-corrected chi connectivity index (χ0v) is 40.9. The lowest BCUT2D eigenvalue weighted by Gasteiger charge is -2.23. The van der Waals surface area contributed by atoms with E-state index in [1.54, 1.807) is 16.8 Å². The summed E-state index contributed by atoms with van der Waals surface area (Å²) in [6, 6.07) is 25.7. The maximum Gasteiger partial charge on any atom is 0.433 e. The molecule has 0 saturated heterocycles. The summed E-state index contributed by atoms with van der Waals surface area (Å²) in [7, 11) is 2.14. The molecule has 0 radical (unpaired) electrons. The Morgan fingerprint density at radius 1 is 0.829 bits per heavy atom. The second-order valence-corrected chi connectivity index (χ2v) is 18.9. The van der Waals surface area contributed by atoms with E-state index >= 15 is 0 Å². The summed E-state index contributed by atoms with van der Waals surface area (Å²) in [6.45, 7) is 11.5. The van der Waals surface area contributed by atoms with Gasteiger partial charge in [0.2, 0.25) is 17.5 Å². The quantitative estimate of drug-likeness (QED) is 0.0354. The number of carbonyl (C=O) groups excluding carboxylic acids is 2. The van der Waals surface area contributed by atoms with E-state index in [2.05, 4.69) is 149 Å². The average molecular weight is 957 g/mol. The Labute approximate surface area is 409 Å². The first kappa shape index (κ1) is 51.0. The zero-order chi connectivity index (χ0) is 49.9. The fourth-order valence-corrected chi connectivity index (χ4v) is 9.32. The molecular weight excluding hydrogens is 892 g/mol. The van der Waals surface area contributed by atoms with Crippen LogP contribution in [0.1, 0.15) is 111 Å². The second kappa shape index (κ2) is 22.7. The number of likely N-dealkylation sites (N-methyl/N-ethyl adjacent to an activating group) is 1. The molecule has 0 unspecified atom stereocenters. The van der Waals surface area contributed by atoms with Gasteiger partial charge in [-0.25, -0.2) is 4.98 Å². The molecule has 0 saturated carbocycles. The number of amides is 2. The number of halogens is 3. The summed E-state index contributed by atoms with van der Waals surface area (Å²) in [5.74, 6) is -0.376. The van der Waals surface area contributed by atoms with Gasteiger partial charge in [-0.05, 0) is 99.9 Å². The molecule has 3 aromatic carbocycles. The van der Waals surface area contributed by atoms with E-state index in [4.69, 9.17) is 10.5 Å². The molecule has 0 bridgehead atoms. The summed E-state index contributed by atoms with van der Waals surface area (Å²) in [6.07, 6.45) is 14.3. The molecule has 15 heteroatoms.